The van der Waals surface area contributed by atoms with Crippen LogP contribution in [0.1, 0.15) is 11.6 Å². The van der Waals surface area contributed by atoms with E-state index in [-0.39, 0.29) is 18.2 Å². The van der Waals surface area contributed by atoms with Crippen molar-refractivity contribution in [2.45, 2.75) is 12.7 Å². The Labute approximate surface area is 91.6 Å². The molecular weight excluding hydrogens is 231 g/mol. The van der Waals surface area contributed by atoms with Crippen LogP contribution in [0.15, 0.2) is 24.3 Å². The highest BCUT2D eigenvalue weighted by atomic mass is 35.5. The molecule has 0 amide bonds. The van der Waals surface area contributed by atoms with Crippen LogP contribution in [0.2, 0.25) is 0 Å². The molecule has 0 saturated carbocycles. The Morgan fingerprint density at radius 2 is 1.73 bits per heavy atom. The fourth-order valence-corrected chi connectivity index (χ4v) is 0.986. The zero-order valence-electron chi connectivity index (χ0n) is 7.70. The van der Waals surface area contributed by atoms with E-state index in [1.54, 1.807) is 0 Å². The van der Waals surface area contributed by atoms with Crippen LogP contribution in [0.3, 0.4) is 0 Å². The SMILES string of the molecule is Cl.N[C@@H](CF)c1ccc(OC(F)F)cc1. The molecule has 0 aliphatic heterocycles. The first-order valence-corrected chi connectivity index (χ1v) is 4.00. The largest absolute Gasteiger partial charge is 0.435 e. The molecule has 0 aliphatic carbocycles. The molecule has 1 atom stereocenters. The van der Waals surface area contributed by atoms with E-state index in [0.29, 0.717) is 5.56 Å². The Bertz CT molecular complexity index is 281. The maximum absolute atomic E-state index is 12.1. The van der Waals surface area contributed by atoms with E-state index < -0.39 is 19.3 Å². The van der Waals surface area contributed by atoms with Crippen LogP contribution in [0, 0.1) is 0 Å². The second-order valence-corrected chi connectivity index (χ2v) is 2.71. The number of hydrogen-bond acceptors (Lipinski definition) is 2. The van der Waals surface area contributed by atoms with Crippen molar-refractivity contribution < 1.29 is 17.9 Å². The van der Waals surface area contributed by atoms with Crippen molar-refractivity contribution in [2.75, 3.05) is 6.67 Å². The molecule has 86 valence electrons. The van der Waals surface area contributed by atoms with Crippen LogP contribution in [-0.2, 0) is 0 Å². The molecule has 15 heavy (non-hydrogen) atoms. The highest BCUT2D eigenvalue weighted by molar-refractivity contribution is 5.85. The summed E-state index contributed by atoms with van der Waals surface area (Å²) in [6.07, 6.45) is 0. The Morgan fingerprint density at radius 1 is 1.20 bits per heavy atom. The molecule has 1 aromatic carbocycles. The molecule has 2 nitrogen and oxygen atoms in total. The molecule has 0 heterocycles. The third-order valence-corrected chi connectivity index (χ3v) is 1.70. The summed E-state index contributed by atoms with van der Waals surface area (Å²) in [7, 11) is 0. The summed E-state index contributed by atoms with van der Waals surface area (Å²) in [6, 6.07) is 4.87. The van der Waals surface area contributed by atoms with Gasteiger partial charge in [-0.2, -0.15) is 8.78 Å². The fraction of sp³-hybridized carbons (Fsp3) is 0.333. The monoisotopic (exact) mass is 241 g/mol. The van der Waals surface area contributed by atoms with Crippen molar-refractivity contribution in [3.8, 4) is 5.75 Å². The molecule has 6 heteroatoms. The van der Waals surface area contributed by atoms with E-state index in [2.05, 4.69) is 4.74 Å². The summed E-state index contributed by atoms with van der Waals surface area (Å²) in [6.45, 7) is -3.54. The maximum Gasteiger partial charge on any atom is 0.387 e. The average molecular weight is 242 g/mol. The smallest absolute Gasteiger partial charge is 0.387 e. The van der Waals surface area contributed by atoms with Gasteiger partial charge in [0.2, 0.25) is 0 Å². The lowest BCUT2D eigenvalue weighted by molar-refractivity contribution is -0.0498. The number of rotatable bonds is 4. The maximum atomic E-state index is 12.1. The minimum atomic E-state index is -2.85. The first-order valence-electron chi connectivity index (χ1n) is 4.00. The van der Waals surface area contributed by atoms with Crippen molar-refractivity contribution in [1.82, 2.24) is 0 Å². The molecule has 2 N–H and O–H groups in total. The van der Waals surface area contributed by atoms with Crippen molar-refractivity contribution in [3.63, 3.8) is 0 Å². The van der Waals surface area contributed by atoms with Crippen molar-refractivity contribution in [3.05, 3.63) is 29.8 Å². The van der Waals surface area contributed by atoms with E-state index in [1.165, 1.54) is 24.3 Å². The average Bonchev–Trinajstić information content (AvgIpc) is 2.17. The number of alkyl halides is 3. The van der Waals surface area contributed by atoms with Gasteiger partial charge in [0.1, 0.15) is 12.4 Å². The second-order valence-electron chi connectivity index (χ2n) is 2.71. The molecule has 0 aromatic heterocycles. The first kappa shape index (κ1) is 14.1. The van der Waals surface area contributed by atoms with Crippen LogP contribution < -0.4 is 10.5 Å². The lowest BCUT2D eigenvalue weighted by Gasteiger charge is -2.08. The number of benzene rings is 1. The quantitative estimate of drug-likeness (QED) is 0.880. The Morgan fingerprint density at radius 3 is 2.13 bits per heavy atom. The predicted molar refractivity (Wildman–Crippen MR) is 53.2 cm³/mol. The molecule has 0 bridgehead atoms. The standard InChI is InChI=1S/C9H10F3NO.ClH/c10-5-8(13)6-1-3-7(4-2-6)14-9(11)12;/h1-4,8-9H,5,13H2;1H/t8-;/m0./s1. The van der Waals surface area contributed by atoms with Gasteiger partial charge in [0.15, 0.2) is 0 Å². The second kappa shape index (κ2) is 6.53. The molecule has 0 spiro atoms. The van der Waals surface area contributed by atoms with Gasteiger partial charge in [-0.15, -0.1) is 12.4 Å². The number of nitrogens with two attached hydrogens (primary N) is 1. The minimum Gasteiger partial charge on any atom is -0.435 e. The van der Waals surface area contributed by atoms with Crippen LogP contribution in [0.4, 0.5) is 13.2 Å². The van der Waals surface area contributed by atoms with Gasteiger partial charge < -0.3 is 10.5 Å². The van der Waals surface area contributed by atoms with E-state index >= 15 is 0 Å². The molecule has 0 radical (unpaired) electrons. The Hall–Kier alpha value is -0.940. The first-order chi connectivity index (χ1) is 6.63. The van der Waals surface area contributed by atoms with Crippen molar-refractivity contribution in [1.29, 1.82) is 0 Å². The molecule has 1 rings (SSSR count). The number of hydrogen-bond donors (Lipinski definition) is 1. The molecule has 1 aromatic rings. The summed E-state index contributed by atoms with van der Waals surface area (Å²) in [5, 5.41) is 0. The molecule has 0 saturated heterocycles. The normalized spacial score (nSPS) is 12.1. The number of halogens is 4. The topological polar surface area (TPSA) is 35.2 Å². The summed E-state index contributed by atoms with van der Waals surface area (Å²) in [4.78, 5) is 0. The van der Waals surface area contributed by atoms with E-state index in [9.17, 15) is 13.2 Å². The summed E-state index contributed by atoms with van der Waals surface area (Å²) in [5.41, 5.74) is 5.93. The van der Waals surface area contributed by atoms with Gasteiger partial charge in [0, 0.05) is 0 Å². The highest BCUT2D eigenvalue weighted by Gasteiger charge is 2.07. The van der Waals surface area contributed by atoms with Crippen LogP contribution in [-0.4, -0.2) is 13.3 Å². The van der Waals surface area contributed by atoms with Gasteiger partial charge in [-0.1, -0.05) is 12.1 Å². The molecule has 0 aliphatic rings. The lowest BCUT2D eigenvalue weighted by atomic mass is 10.1. The molecule has 0 unspecified atom stereocenters. The van der Waals surface area contributed by atoms with Gasteiger partial charge in [-0.25, -0.2) is 4.39 Å². The molecule has 0 fully saturated rings. The van der Waals surface area contributed by atoms with Crippen LogP contribution >= 0.6 is 12.4 Å². The van der Waals surface area contributed by atoms with Gasteiger partial charge in [0.25, 0.3) is 0 Å². The predicted octanol–water partition coefficient (Wildman–Crippen LogP) is 2.68. The van der Waals surface area contributed by atoms with Gasteiger partial charge >= 0.3 is 6.61 Å². The van der Waals surface area contributed by atoms with E-state index in [1.807, 2.05) is 0 Å². The third-order valence-electron chi connectivity index (χ3n) is 1.70. The zero-order chi connectivity index (χ0) is 10.6. The van der Waals surface area contributed by atoms with Gasteiger partial charge in [-0.3, -0.25) is 0 Å². The van der Waals surface area contributed by atoms with E-state index in [4.69, 9.17) is 5.73 Å². The summed E-state index contributed by atoms with van der Waals surface area (Å²) < 4.78 is 39.7. The zero-order valence-corrected chi connectivity index (χ0v) is 8.52. The van der Waals surface area contributed by atoms with E-state index in [0.717, 1.165) is 0 Å². The fourth-order valence-electron chi connectivity index (χ4n) is 0.986. The molecular formula is C9H11ClF3NO. The Balaban J connectivity index is 0.00000196. The van der Waals surface area contributed by atoms with Crippen LogP contribution in [0.25, 0.3) is 0 Å². The summed E-state index contributed by atoms with van der Waals surface area (Å²) in [5.74, 6) is 0.0369. The van der Waals surface area contributed by atoms with Gasteiger partial charge in [0.05, 0.1) is 6.04 Å². The minimum absolute atomic E-state index is 0. The van der Waals surface area contributed by atoms with Gasteiger partial charge in [-0.05, 0) is 17.7 Å². The van der Waals surface area contributed by atoms with Crippen molar-refractivity contribution in [2.24, 2.45) is 5.73 Å². The Kier molecular flexibility index (Phi) is 6.12. The number of ether oxygens (including phenoxy) is 1. The summed E-state index contributed by atoms with van der Waals surface area (Å²) >= 11 is 0. The highest BCUT2D eigenvalue weighted by Crippen LogP contribution is 2.18. The third kappa shape index (κ3) is 4.40. The van der Waals surface area contributed by atoms with Crippen LogP contribution in [0.5, 0.6) is 5.75 Å². The lowest BCUT2D eigenvalue weighted by Crippen LogP contribution is -2.12. The van der Waals surface area contributed by atoms with Crippen molar-refractivity contribution >= 4 is 12.4 Å².